The number of sulfonamides is 1. The summed E-state index contributed by atoms with van der Waals surface area (Å²) in [6.07, 6.45) is -1.06. The molecule has 0 spiro atoms. The quantitative estimate of drug-likeness (QED) is 0.311. The number of aromatic nitrogens is 5. The van der Waals surface area contributed by atoms with E-state index in [9.17, 15) is 26.4 Å². The van der Waals surface area contributed by atoms with Crippen molar-refractivity contribution in [1.29, 1.82) is 0 Å². The van der Waals surface area contributed by atoms with Gasteiger partial charge >= 0.3 is 6.18 Å². The van der Waals surface area contributed by atoms with Crippen molar-refractivity contribution >= 4 is 55.2 Å². The molecule has 1 aliphatic carbocycles. The van der Waals surface area contributed by atoms with Crippen molar-refractivity contribution in [3.8, 4) is 11.7 Å². The Morgan fingerprint density at radius 2 is 1.82 bits per heavy atom. The molecule has 3 aromatic rings. The summed E-state index contributed by atoms with van der Waals surface area (Å²) in [6.45, 7) is 7.24. The lowest BCUT2D eigenvalue weighted by Gasteiger charge is -2.46. The SMILES string of the molecule is BC(B)(B)[C@@H]1CC(c2nc(-n3ccc(OCC(C)(C)C(F)(F)F)n3)ccc2C(=O)NS(=O)(=O)c2c[nH]nc2C)C(C)(C)C1(B)B. The van der Waals surface area contributed by atoms with Crippen molar-refractivity contribution in [2.45, 2.75) is 68.4 Å². The fraction of sp³-hybridized carbons (Fsp3) is 0.538. The summed E-state index contributed by atoms with van der Waals surface area (Å²) in [5, 5.41) is 10.4. The number of aromatic amines is 1. The molecule has 0 bridgehead atoms. The average Bonchev–Trinajstić information content (AvgIpc) is 3.59. The lowest BCUT2D eigenvalue weighted by molar-refractivity contribution is -0.219. The van der Waals surface area contributed by atoms with E-state index < -0.39 is 34.1 Å². The highest BCUT2D eigenvalue weighted by Gasteiger charge is 2.58. The third-order valence-electron chi connectivity index (χ3n) is 9.85. The Kier molecular flexibility index (Phi) is 8.74. The molecular weight excluding hydrogens is 603 g/mol. The van der Waals surface area contributed by atoms with Gasteiger partial charge in [-0.2, -0.15) is 18.3 Å². The second-order valence-corrected chi connectivity index (χ2v) is 16.4. The van der Waals surface area contributed by atoms with Crippen molar-refractivity contribution in [1.82, 2.24) is 29.7 Å². The molecule has 238 valence electrons. The van der Waals surface area contributed by atoms with Crippen LogP contribution in [0.3, 0.4) is 0 Å². The Morgan fingerprint density at radius 3 is 2.36 bits per heavy atom. The van der Waals surface area contributed by atoms with Crippen LogP contribution in [-0.4, -0.2) is 91.3 Å². The summed E-state index contributed by atoms with van der Waals surface area (Å²) in [5.74, 6) is -0.585. The van der Waals surface area contributed by atoms with Gasteiger partial charge in [0.25, 0.3) is 15.9 Å². The van der Waals surface area contributed by atoms with Crippen LogP contribution in [-0.2, 0) is 10.0 Å². The molecule has 1 unspecified atom stereocenters. The fourth-order valence-corrected chi connectivity index (χ4v) is 7.47. The molecule has 0 saturated heterocycles. The summed E-state index contributed by atoms with van der Waals surface area (Å²) in [5.41, 5.74) is -1.75. The number of rotatable bonds is 9. The molecule has 1 saturated carbocycles. The number of hydrogen-bond acceptors (Lipinski definition) is 7. The van der Waals surface area contributed by atoms with Gasteiger partial charge in [-0.1, -0.05) is 25.0 Å². The van der Waals surface area contributed by atoms with Crippen LogP contribution in [0, 0.1) is 23.7 Å². The molecule has 0 aromatic carbocycles. The second-order valence-electron chi connectivity index (χ2n) is 14.8. The van der Waals surface area contributed by atoms with Crippen molar-refractivity contribution in [3.05, 3.63) is 47.5 Å². The van der Waals surface area contributed by atoms with Crippen molar-refractivity contribution in [3.63, 3.8) is 0 Å². The topological polar surface area (TPSA) is 132 Å². The highest BCUT2D eigenvalue weighted by molar-refractivity contribution is 7.90. The molecule has 45 heavy (non-hydrogen) atoms. The first-order valence-corrected chi connectivity index (χ1v) is 16.2. The second kappa shape index (κ2) is 11.3. The zero-order valence-corrected chi connectivity index (χ0v) is 28.2. The van der Waals surface area contributed by atoms with Gasteiger partial charge in [-0.05, 0) is 44.7 Å². The number of amides is 1. The van der Waals surface area contributed by atoms with E-state index in [2.05, 4.69) is 73.1 Å². The standard InChI is InChI=1S/C26H38B5F3N6O4S/c1-13-16(11-35-37-13)45(42,43)39-21(41)14-6-7-18(40-9-8-19(38-40)44-12-22(2,3)26(32,33)34)36-20(14)15-10-17(25(29,30)31)24(27,28)23(15,4)5/h6-9,11,15,17H,10,12,27-31H2,1-5H3,(H,35,37)(H,39,41)/t15?,17-/m1/s1. The molecule has 1 aliphatic rings. The Balaban J connectivity index is 1.77. The lowest BCUT2D eigenvalue weighted by Crippen LogP contribution is -2.40. The number of carbonyl (C=O) groups excluding carboxylic acids is 1. The van der Waals surface area contributed by atoms with E-state index in [0.717, 1.165) is 13.8 Å². The predicted molar refractivity (Wildman–Crippen MR) is 177 cm³/mol. The van der Waals surface area contributed by atoms with Crippen molar-refractivity contribution in [2.24, 2.45) is 16.7 Å². The molecule has 3 heterocycles. The molecule has 1 fully saturated rings. The maximum absolute atomic E-state index is 13.7. The van der Waals surface area contributed by atoms with Gasteiger partial charge in [-0.25, -0.2) is 22.8 Å². The molecule has 10 nitrogen and oxygen atoms in total. The van der Waals surface area contributed by atoms with Crippen LogP contribution < -0.4 is 9.46 Å². The predicted octanol–water partition coefficient (Wildman–Crippen LogP) is -0.130. The third-order valence-corrected chi connectivity index (χ3v) is 11.3. The number of H-pyrrole nitrogens is 1. The van der Waals surface area contributed by atoms with Crippen LogP contribution in [0.2, 0.25) is 10.3 Å². The number of carbonyl (C=O) groups is 1. The highest BCUT2D eigenvalue weighted by atomic mass is 32.2. The molecule has 19 heteroatoms. The van der Waals surface area contributed by atoms with E-state index in [1.807, 2.05) is 0 Å². The normalized spacial score (nSPS) is 20.2. The zero-order valence-electron chi connectivity index (χ0n) is 27.4. The number of nitrogens with zero attached hydrogens (tertiary/aromatic N) is 4. The number of aryl methyl sites for hydroxylation is 1. The van der Waals surface area contributed by atoms with Crippen LogP contribution >= 0.6 is 0 Å². The maximum atomic E-state index is 13.7. The monoisotopic (exact) mass is 642 g/mol. The van der Waals surface area contributed by atoms with E-state index in [1.54, 1.807) is 0 Å². The van der Waals surface area contributed by atoms with Crippen molar-refractivity contribution in [2.75, 3.05) is 6.61 Å². The lowest BCUT2D eigenvalue weighted by atomic mass is 9.28. The molecule has 4 rings (SSSR count). The van der Waals surface area contributed by atoms with Crippen molar-refractivity contribution < 1.29 is 31.1 Å². The Labute approximate surface area is 266 Å². The minimum absolute atomic E-state index is 0.0193. The largest absolute Gasteiger partial charge is 0.476 e. The number of pyridine rings is 1. The van der Waals surface area contributed by atoms with Crippen LogP contribution in [0.5, 0.6) is 5.88 Å². The highest BCUT2D eigenvalue weighted by Crippen LogP contribution is 2.67. The summed E-state index contributed by atoms with van der Waals surface area (Å²) in [6, 6.07) is 4.46. The molecule has 2 N–H and O–H groups in total. The Morgan fingerprint density at radius 1 is 1.18 bits per heavy atom. The first-order chi connectivity index (χ1) is 20.4. The van der Waals surface area contributed by atoms with E-state index in [1.165, 1.54) is 42.2 Å². The van der Waals surface area contributed by atoms with E-state index >= 15 is 0 Å². The van der Waals surface area contributed by atoms with Gasteiger partial charge in [0.1, 0.15) is 27.2 Å². The number of alkyl halides is 3. The average molecular weight is 642 g/mol. The zero-order chi connectivity index (χ0) is 34.0. The first kappa shape index (κ1) is 34.8. The molecule has 0 radical (unpaired) electrons. The van der Waals surface area contributed by atoms with Gasteiger partial charge in [-0.3, -0.25) is 9.89 Å². The van der Waals surface area contributed by atoms with Gasteiger partial charge in [0.15, 0.2) is 5.82 Å². The van der Waals surface area contributed by atoms with Crippen LogP contribution in [0.15, 0.2) is 35.5 Å². The van der Waals surface area contributed by atoms with E-state index in [-0.39, 0.29) is 49.6 Å². The Bertz CT molecular complexity index is 1700. The summed E-state index contributed by atoms with van der Waals surface area (Å²) >= 11 is 0. The van der Waals surface area contributed by atoms with Gasteiger partial charge in [0.2, 0.25) is 5.88 Å². The third kappa shape index (κ3) is 6.46. The number of hydrogen-bond donors (Lipinski definition) is 2. The molecule has 1 amide bonds. The fourth-order valence-electron chi connectivity index (χ4n) is 6.36. The summed E-state index contributed by atoms with van der Waals surface area (Å²) < 4.78 is 75.2. The van der Waals surface area contributed by atoms with E-state index in [0.29, 0.717) is 17.9 Å². The van der Waals surface area contributed by atoms with Crippen LogP contribution in [0.4, 0.5) is 13.2 Å². The summed E-state index contributed by atoms with van der Waals surface area (Å²) in [4.78, 5) is 18.5. The Hall–Kier alpha value is -3.10. The molecule has 0 aliphatic heterocycles. The summed E-state index contributed by atoms with van der Waals surface area (Å²) in [7, 11) is 6.71. The van der Waals surface area contributed by atoms with Gasteiger partial charge in [0.05, 0.1) is 45.9 Å². The minimum atomic E-state index is -4.46. The number of nitrogens with one attached hydrogen (secondary N) is 2. The molecular formula is C26H38B5F3N6O4S. The number of halogens is 3. The number of ether oxygens (including phenoxy) is 1. The first-order valence-electron chi connectivity index (χ1n) is 14.7. The smallest absolute Gasteiger partial charge is 0.397 e. The van der Waals surface area contributed by atoms with Gasteiger partial charge in [-0.15, -0.1) is 10.2 Å². The molecule has 3 aromatic heterocycles. The van der Waals surface area contributed by atoms with Crippen LogP contribution in [0.1, 0.15) is 61.8 Å². The van der Waals surface area contributed by atoms with Crippen LogP contribution in [0.25, 0.3) is 5.82 Å². The van der Waals surface area contributed by atoms with E-state index in [4.69, 9.17) is 9.72 Å². The minimum Gasteiger partial charge on any atom is -0.476 e. The van der Waals surface area contributed by atoms with Gasteiger partial charge in [0, 0.05) is 24.4 Å². The maximum Gasteiger partial charge on any atom is 0.397 e. The molecule has 2 atom stereocenters. The van der Waals surface area contributed by atoms with Gasteiger partial charge < -0.3 is 4.74 Å².